The van der Waals surface area contributed by atoms with Gasteiger partial charge in [0.2, 0.25) is 5.88 Å². The molecule has 0 radical (unpaired) electrons. The SMILES string of the molecule is COc1ncc(C(C)C)nc1CC(C)C. The highest BCUT2D eigenvalue weighted by atomic mass is 16.5. The van der Waals surface area contributed by atoms with Crippen LogP contribution in [0.2, 0.25) is 0 Å². The molecule has 0 amide bonds. The highest BCUT2D eigenvalue weighted by Crippen LogP contribution is 2.19. The minimum absolute atomic E-state index is 0.411. The molecule has 3 nitrogen and oxygen atoms in total. The van der Waals surface area contributed by atoms with Crippen LogP contribution in [0.3, 0.4) is 0 Å². The summed E-state index contributed by atoms with van der Waals surface area (Å²) >= 11 is 0. The second-order valence-corrected chi connectivity index (χ2v) is 4.50. The highest BCUT2D eigenvalue weighted by Gasteiger charge is 2.11. The third-order valence-electron chi connectivity index (χ3n) is 2.21. The van der Waals surface area contributed by atoms with Crippen molar-refractivity contribution in [3.63, 3.8) is 0 Å². The van der Waals surface area contributed by atoms with Crippen molar-refractivity contribution in [1.29, 1.82) is 0 Å². The maximum absolute atomic E-state index is 5.21. The zero-order chi connectivity index (χ0) is 11.4. The first-order valence-corrected chi connectivity index (χ1v) is 5.44. The lowest BCUT2D eigenvalue weighted by Crippen LogP contribution is -2.06. The van der Waals surface area contributed by atoms with E-state index in [4.69, 9.17) is 4.74 Å². The van der Waals surface area contributed by atoms with Gasteiger partial charge in [0.25, 0.3) is 0 Å². The van der Waals surface area contributed by atoms with Gasteiger partial charge in [-0.05, 0) is 18.3 Å². The molecule has 0 saturated carbocycles. The molecule has 0 N–H and O–H groups in total. The first-order valence-electron chi connectivity index (χ1n) is 5.44. The molecule has 0 unspecified atom stereocenters. The lowest BCUT2D eigenvalue weighted by molar-refractivity contribution is 0.384. The van der Waals surface area contributed by atoms with Crippen LogP contribution < -0.4 is 4.74 Å². The van der Waals surface area contributed by atoms with E-state index in [1.807, 2.05) is 0 Å². The van der Waals surface area contributed by atoms with Gasteiger partial charge in [-0.25, -0.2) is 4.98 Å². The van der Waals surface area contributed by atoms with Crippen LogP contribution in [0.25, 0.3) is 0 Å². The summed E-state index contributed by atoms with van der Waals surface area (Å²) in [5.41, 5.74) is 2.00. The van der Waals surface area contributed by atoms with Crippen molar-refractivity contribution in [1.82, 2.24) is 9.97 Å². The lowest BCUT2D eigenvalue weighted by Gasteiger charge is -2.11. The fraction of sp³-hybridized carbons (Fsp3) is 0.667. The van der Waals surface area contributed by atoms with Crippen LogP contribution in [0.5, 0.6) is 5.88 Å². The summed E-state index contributed by atoms with van der Waals surface area (Å²) in [7, 11) is 1.64. The number of aromatic nitrogens is 2. The Kier molecular flexibility index (Phi) is 4.06. The molecule has 3 heteroatoms. The number of hydrogen-bond acceptors (Lipinski definition) is 3. The normalized spacial score (nSPS) is 11.1. The summed E-state index contributed by atoms with van der Waals surface area (Å²) in [5, 5.41) is 0. The summed E-state index contributed by atoms with van der Waals surface area (Å²) < 4.78 is 5.21. The predicted octanol–water partition coefficient (Wildman–Crippen LogP) is 2.81. The Labute approximate surface area is 91.9 Å². The van der Waals surface area contributed by atoms with Gasteiger partial charge in [-0.3, -0.25) is 4.98 Å². The van der Waals surface area contributed by atoms with E-state index >= 15 is 0 Å². The summed E-state index contributed by atoms with van der Waals surface area (Å²) in [6.45, 7) is 8.58. The van der Waals surface area contributed by atoms with Gasteiger partial charge in [0.05, 0.1) is 19.0 Å². The minimum Gasteiger partial charge on any atom is -0.480 e. The average Bonchev–Trinajstić information content (AvgIpc) is 2.16. The Morgan fingerprint density at radius 3 is 2.40 bits per heavy atom. The van der Waals surface area contributed by atoms with E-state index < -0.39 is 0 Å². The molecule has 0 fully saturated rings. The predicted molar refractivity (Wildman–Crippen MR) is 61.2 cm³/mol. The van der Waals surface area contributed by atoms with Crippen LogP contribution in [0.15, 0.2) is 6.20 Å². The highest BCUT2D eigenvalue weighted by molar-refractivity contribution is 5.21. The van der Waals surface area contributed by atoms with E-state index in [0.29, 0.717) is 17.7 Å². The van der Waals surface area contributed by atoms with Gasteiger partial charge >= 0.3 is 0 Å². The van der Waals surface area contributed by atoms with Gasteiger partial charge in [0.1, 0.15) is 5.69 Å². The van der Waals surface area contributed by atoms with Crippen LogP contribution in [0, 0.1) is 5.92 Å². The fourth-order valence-electron chi connectivity index (χ4n) is 1.40. The molecule has 15 heavy (non-hydrogen) atoms. The Morgan fingerprint density at radius 2 is 1.93 bits per heavy atom. The van der Waals surface area contributed by atoms with Gasteiger partial charge in [-0.1, -0.05) is 27.7 Å². The maximum atomic E-state index is 5.21. The zero-order valence-corrected chi connectivity index (χ0v) is 10.2. The lowest BCUT2D eigenvalue weighted by atomic mass is 10.1. The number of rotatable bonds is 4. The van der Waals surface area contributed by atoms with Crippen molar-refractivity contribution in [3.05, 3.63) is 17.6 Å². The number of hydrogen-bond donors (Lipinski definition) is 0. The van der Waals surface area contributed by atoms with Gasteiger partial charge in [-0.2, -0.15) is 0 Å². The number of nitrogens with zero attached hydrogens (tertiary/aromatic N) is 2. The first-order chi connectivity index (χ1) is 7.04. The Morgan fingerprint density at radius 1 is 1.27 bits per heavy atom. The molecule has 0 atom stereocenters. The summed E-state index contributed by atoms with van der Waals surface area (Å²) in [5.74, 6) is 1.64. The van der Waals surface area contributed by atoms with Crippen molar-refractivity contribution in [2.45, 2.75) is 40.0 Å². The summed E-state index contributed by atoms with van der Waals surface area (Å²) in [6.07, 6.45) is 2.71. The Hall–Kier alpha value is -1.12. The van der Waals surface area contributed by atoms with E-state index in [0.717, 1.165) is 17.8 Å². The van der Waals surface area contributed by atoms with Crippen LogP contribution in [-0.4, -0.2) is 17.1 Å². The van der Waals surface area contributed by atoms with Crippen molar-refractivity contribution < 1.29 is 4.74 Å². The van der Waals surface area contributed by atoms with E-state index in [-0.39, 0.29) is 0 Å². The topological polar surface area (TPSA) is 35.0 Å². The van der Waals surface area contributed by atoms with Crippen LogP contribution in [0.4, 0.5) is 0 Å². The molecule has 0 saturated heterocycles. The largest absolute Gasteiger partial charge is 0.480 e. The molecule has 1 heterocycles. The second kappa shape index (κ2) is 5.10. The van der Waals surface area contributed by atoms with Crippen molar-refractivity contribution >= 4 is 0 Å². The second-order valence-electron chi connectivity index (χ2n) is 4.50. The quantitative estimate of drug-likeness (QED) is 0.763. The smallest absolute Gasteiger partial charge is 0.235 e. The molecule has 1 aromatic heterocycles. The third kappa shape index (κ3) is 3.18. The van der Waals surface area contributed by atoms with Crippen molar-refractivity contribution in [2.24, 2.45) is 5.92 Å². The average molecular weight is 208 g/mol. The Balaban J connectivity index is 3.02. The standard InChI is InChI=1S/C12H20N2O/c1-8(2)6-10-12(15-5)13-7-11(14-10)9(3)4/h7-9H,6H2,1-5H3. The van der Waals surface area contributed by atoms with E-state index in [2.05, 4.69) is 37.7 Å². The van der Waals surface area contributed by atoms with Gasteiger partial charge in [0, 0.05) is 0 Å². The van der Waals surface area contributed by atoms with Gasteiger partial charge < -0.3 is 4.74 Å². The zero-order valence-electron chi connectivity index (χ0n) is 10.2. The molecule has 1 rings (SSSR count). The molecule has 0 aromatic carbocycles. The minimum atomic E-state index is 0.411. The van der Waals surface area contributed by atoms with E-state index in [9.17, 15) is 0 Å². The van der Waals surface area contributed by atoms with Crippen molar-refractivity contribution in [3.8, 4) is 5.88 Å². The molecule has 1 aromatic rings. The molecule has 0 spiro atoms. The van der Waals surface area contributed by atoms with Crippen molar-refractivity contribution in [2.75, 3.05) is 7.11 Å². The molecular formula is C12H20N2O. The summed E-state index contributed by atoms with van der Waals surface area (Å²) in [6, 6.07) is 0. The molecule has 0 aliphatic heterocycles. The Bertz CT molecular complexity index is 321. The summed E-state index contributed by atoms with van der Waals surface area (Å²) in [4.78, 5) is 8.88. The van der Waals surface area contributed by atoms with Crippen LogP contribution >= 0.6 is 0 Å². The van der Waals surface area contributed by atoms with Gasteiger partial charge in [-0.15, -0.1) is 0 Å². The molecular weight excluding hydrogens is 188 g/mol. The van der Waals surface area contributed by atoms with Gasteiger partial charge in [0.15, 0.2) is 0 Å². The first kappa shape index (κ1) is 12.0. The molecule has 0 aliphatic carbocycles. The molecule has 0 bridgehead atoms. The fourth-order valence-corrected chi connectivity index (χ4v) is 1.40. The molecule has 0 aliphatic rings. The molecule has 84 valence electrons. The van der Waals surface area contributed by atoms with E-state index in [1.54, 1.807) is 13.3 Å². The maximum Gasteiger partial charge on any atom is 0.235 e. The van der Waals surface area contributed by atoms with E-state index in [1.165, 1.54) is 0 Å². The number of ether oxygens (including phenoxy) is 1. The van der Waals surface area contributed by atoms with Crippen LogP contribution in [-0.2, 0) is 6.42 Å². The monoisotopic (exact) mass is 208 g/mol. The third-order valence-corrected chi connectivity index (χ3v) is 2.21. The van der Waals surface area contributed by atoms with Crippen LogP contribution in [0.1, 0.15) is 45.0 Å². The number of methoxy groups -OCH3 is 1.